The van der Waals surface area contributed by atoms with E-state index in [0.717, 1.165) is 0 Å². The van der Waals surface area contributed by atoms with Crippen molar-refractivity contribution in [2.24, 2.45) is 0 Å². The van der Waals surface area contributed by atoms with Gasteiger partial charge in [0.2, 0.25) is 0 Å². The van der Waals surface area contributed by atoms with Crippen LogP contribution in [0.2, 0.25) is 0 Å². The Bertz CT molecular complexity index is 637. The van der Waals surface area contributed by atoms with Gasteiger partial charge in [-0.2, -0.15) is 0 Å². The summed E-state index contributed by atoms with van der Waals surface area (Å²) in [5.41, 5.74) is 1.16. The predicted molar refractivity (Wildman–Crippen MR) is 91.4 cm³/mol. The molecule has 0 aliphatic rings. The highest BCUT2D eigenvalue weighted by atomic mass is 16.6. The highest BCUT2D eigenvalue weighted by Gasteiger charge is 2.17. The Labute approximate surface area is 146 Å². The van der Waals surface area contributed by atoms with Crippen LogP contribution in [0, 0.1) is 0 Å². The summed E-state index contributed by atoms with van der Waals surface area (Å²) in [6.07, 6.45) is -0.584. The predicted octanol–water partition coefficient (Wildman–Crippen LogP) is 1.92. The molecule has 0 saturated heterocycles. The smallest absolute Gasteiger partial charge is 0.412 e. The zero-order valence-corrected chi connectivity index (χ0v) is 14.8. The first kappa shape index (κ1) is 20.4. The number of carbonyl (C=O) groups excluding carboxylic acids is 2. The fourth-order valence-electron chi connectivity index (χ4n) is 2.01. The second-order valence-corrected chi connectivity index (χ2v) is 6.42. The van der Waals surface area contributed by atoms with Gasteiger partial charge < -0.3 is 19.9 Å². The zero-order chi connectivity index (χ0) is 19.0. The molecule has 138 valence electrons. The number of aliphatic carboxylic acids is 1. The molecule has 0 spiro atoms. The van der Waals surface area contributed by atoms with E-state index in [1.54, 1.807) is 39.0 Å². The van der Waals surface area contributed by atoms with Crippen molar-refractivity contribution in [1.82, 2.24) is 5.32 Å². The molecule has 3 N–H and O–H groups in total. The second-order valence-electron chi connectivity index (χ2n) is 6.42. The lowest BCUT2D eigenvalue weighted by atomic mass is 10.1. The number of carboxylic acid groups (broad SMARTS) is 1. The second kappa shape index (κ2) is 9.03. The van der Waals surface area contributed by atoms with E-state index in [4.69, 9.17) is 9.84 Å². The summed E-state index contributed by atoms with van der Waals surface area (Å²) in [7, 11) is 1.29. The van der Waals surface area contributed by atoms with Gasteiger partial charge in [-0.05, 0) is 44.0 Å². The fourth-order valence-corrected chi connectivity index (χ4v) is 2.01. The van der Waals surface area contributed by atoms with E-state index in [9.17, 15) is 14.4 Å². The lowest BCUT2D eigenvalue weighted by molar-refractivity contribution is -0.140. The van der Waals surface area contributed by atoms with Gasteiger partial charge in [0.25, 0.3) is 0 Å². The zero-order valence-electron chi connectivity index (χ0n) is 14.8. The Hall–Kier alpha value is -2.61. The van der Waals surface area contributed by atoms with Crippen LogP contribution in [0.1, 0.15) is 31.9 Å². The largest absolute Gasteiger partial charge is 0.480 e. The molecule has 0 unspecified atom stereocenters. The average molecular weight is 352 g/mol. The first-order chi connectivity index (χ1) is 11.6. The van der Waals surface area contributed by atoms with E-state index >= 15 is 0 Å². The van der Waals surface area contributed by atoms with E-state index in [1.165, 1.54) is 7.11 Å². The molecule has 0 aliphatic heterocycles. The molecule has 0 fully saturated rings. The van der Waals surface area contributed by atoms with Crippen molar-refractivity contribution < 1.29 is 29.0 Å². The number of hydrogen-bond acceptors (Lipinski definition) is 6. The molecule has 0 aromatic heterocycles. The van der Waals surface area contributed by atoms with Gasteiger partial charge in [-0.15, -0.1) is 0 Å². The molecule has 0 heterocycles. The first-order valence-corrected chi connectivity index (χ1v) is 7.71. The molecular formula is C17H24N2O6. The van der Waals surface area contributed by atoms with Crippen LogP contribution in [0.5, 0.6) is 0 Å². The average Bonchev–Trinajstić information content (AvgIpc) is 2.44. The number of nitrogens with one attached hydrogen (secondary N) is 2. The van der Waals surface area contributed by atoms with E-state index in [2.05, 4.69) is 15.4 Å². The van der Waals surface area contributed by atoms with Crippen molar-refractivity contribution in [2.75, 3.05) is 19.0 Å². The van der Waals surface area contributed by atoms with Crippen molar-refractivity contribution in [3.8, 4) is 0 Å². The normalized spacial score (nSPS) is 10.9. The molecule has 8 nitrogen and oxygen atoms in total. The monoisotopic (exact) mass is 352 g/mol. The van der Waals surface area contributed by atoms with Crippen molar-refractivity contribution in [3.63, 3.8) is 0 Å². The number of carbonyl (C=O) groups is 3. The highest BCUT2D eigenvalue weighted by Crippen LogP contribution is 2.18. The third kappa shape index (κ3) is 8.71. The minimum Gasteiger partial charge on any atom is -0.480 e. The maximum absolute atomic E-state index is 11.9. The number of ether oxygens (including phenoxy) is 2. The van der Waals surface area contributed by atoms with Crippen LogP contribution >= 0.6 is 0 Å². The number of esters is 1. The summed E-state index contributed by atoms with van der Waals surface area (Å²) in [5.74, 6) is -1.39. The maximum atomic E-state index is 11.9. The number of rotatable bonds is 7. The lowest BCUT2D eigenvalue weighted by Crippen LogP contribution is -2.27. The quantitative estimate of drug-likeness (QED) is 0.642. The summed E-state index contributed by atoms with van der Waals surface area (Å²) >= 11 is 0. The molecule has 1 rings (SSSR count). The van der Waals surface area contributed by atoms with Crippen molar-refractivity contribution in [1.29, 1.82) is 0 Å². The van der Waals surface area contributed by atoms with E-state index in [-0.39, 0.29) is 19.5 Å². The Morgan fingerprint density at radius 1 is 1.12 bits per heavy atom. The summed E-state index contributed by atoms with van der Waals surface area (Å²) in [6.45, 7) is 5.32. The summed E-state index contributed by atoms with van der Waals surface area (Å²) in [5, 5.41) is 14.0. The molecule has 0 atom stereocenters. The minimum atomic E-state index is -0.974. The highest BCUT2D eigenvalue weighted by molar-refractivity contribution is 5.85. The molecule has 1 aromatic rings. The summed E-state index contributed by atoms with van der Waals surface area (Å²) in [4.78, 5) is 34.0. The Morgan fingerprint density at radius 3 is 2.32 bits per heavy atom. The van der Waals surface area contributed by atoms with Gasteiger partial charge in [-0.3, -0.25) is 14.9 Å². The van der Waals surface area contributed by atoms with Gasteiger partial charge in [0.15, 0.2) is 0 Å². The SMILES string of the molecule is COC(=O)Cc1cc(CNCC(=O)O)cc(NC(=O)OC(C)(C)C)c1. The van der Waals surface area contributed by atoms with Gasteiger partial charge in [0.05, 0.1) is 20.1 Å². The van der Waals surface area contributed by atoms with Crippen molar-refractivity contribution >= 4 is 23.7 Å². The van der Waals surface area contributed by atoms with E-state index in [1.807, 2.05) is 0 Å². The van der Waals surface area contributed by atoms with Crippen LogP contribution in [0.25, 0.3) is 0 Å². The van der Waals surface area contributed by atoms with Crippen LogP contribution in [0.15, 0.2) is 18.2 Å². The van der Waals surface area contributed by atoms with Crippen LogP contribution in [0.4, 0.5) is 10.5 Å². The van der Waals surface area contributed by atoms with Crippen molar-refractivity contribution in [3.05, 3.63) is 29.3 Å². The van der Waals surface area contributed by atoms with Gasteiger partial charge in [0, 0.05) is 12.2 Å². The lowest BCUT2D eigenvalue weighted by Gasteiger charge is -2.20. The number of benzene rings is 1. The van der Waals surface area contributed by atoms with Crippen LogP contribution < -0.4 is 10.6 Å². The third-order valence-corrected chi connectivity index (χ3v) is 2.88. The number of amides is 1. The number of hydrogen-bond donors (Lipinski definition) is 3. The van der Waals surface area contributed by atoms with Crippen molar-refractivity contribution in [2.45, 2.75) is 39.3 Å². The first-order valence-electron chi connectivity index (χ1n) is 7.71. The standard InChI is InChI=1S/C17H24N2O6/c1-17(2,3)25-16(23)19-13-6-11(8-15(22)24-4)5-12(7-13)9-18-10-14(20)21/h5-7,18H,8-10H2,1-4H3,(H,19,23)(H,20,21). The van der Waals surface area contributed by atoms with Crippen LogP contribution in [-0.4, -0.2) is 42.4 Å². The van der Waals surface area contributed by atoms with Gasteiger partial charge in [0.1, 0.15) is 5.60 Å². The molecule has 0 bridgehead atoms. The number of methoxy groups -OCH3 is 1. The van der Waals surface area contributed by atoms with Gasteiger partial charge in [-0.25, -0.2) is 4.79 Å². The van der Waals surface area contributed by atoms with Gasteiger partial charge >= 0.3 is 18.0 Å². The molecule has 25 heavy (non-hydrogen) atoms. The molecule has 8 heteroatoms. The topological polar surface area (TPSA) is 114 Å². The third-order valence-electron chi connectivity index (χ3n) is 2.88. The fraction of sp³-hybridized carbons (Fsp3) is 0.471. The number of carboxylic acids is 1. The molecule has 1 aromatic carbocycles. The Kier molecular flexibility index (Phi) is 7.38. The summed E-state index contributed by atoms with van der Waals surface area (Å²) in [6, 6.07) is 5.06. The van der Waals surface area contributed by atoms with E-state index < -0.39 is 23.6 Å². The molecular weight excluding hydrogens is 328 g/mol. The maximum Gasteiger partial charge on any atom is 0.412 e. The van der Waals surface area contributed by atoms with E-state index in [0.29, 0.717) is 16.8 Å². The minimum absolute atomic E-state index is 0.0340. The Balaban J connectivity index is 2.92. The molecule has 0 radical (unpaired) electrons. The number of anilines is 1. The van der Waals surface area contributed by atoms with Crippen LogP contribution in [0.3, 0.4) is 0 Å². The van der Waals surface area contributed by atoms with Crippen LogP contribution in [-0.2, 0) is 32.0 Å². The molecule has 1 amide bonds. The summed E-state index contributed by atoms with van der Waals surface area (Å²) < 4.78 is 9.85. The molecule has 0 saturated carbocycles. The van der Waals surface area contributed by atoms with Gasteiger partial charge in [-0.1, -0.05) is 6.07 Å². The Morgan fingerprint density at radius 2 is 1.76 bits per heavy atom. The molecule has 0 aliphatic carbocycles.